The molecular weight excluding hydrogens is 238 g/mol. The van der Waals surface area contributed by atoms with E-state index < -0.39 is 0 Å². The molecule has 1 N–H and O–H groups in total. The van der Waals surface area contributed by atoms with E-state index >= 15 is 0 Å². The smallest absolute Gasteiger partial charge is 0.254 e. The molecule has 0 atom stereocenters. The molecule has 0 radical (unpaired) electrons. The molecule has 0 saturated carbocycles. The van der Waals surface area contributed by atoms with Crippen LogP contribution in [0.3, 0.4) is 0 Å². The lowest BCUT2D eigenvalue weighted by molar-refractivity contribution is 0.305. The molecule has 0 aromatic heterocycles. The number of nitrogens with zero attached hydrogens (tertiary/aromatic N) is 1. The Labute approximate surface area is 111 Å². The Kier molecular flexibility index (Phi) is 2.80. The number of hydrogen-bond acceptors (Lipinski definition) is 3. The van der Waals surface area contributed by atoms with Crippen LogP contribution in [-0.2, 0) is 6.42 Å². The van der Waals surface area contributed by atoms with Crippen LogP contribution in [0.2, 0.25) is 0 Å². The van der Waals surface area contributed by atoms with Gasteiger partial charge in [0.15, 0.2) is 0 Å². The van der Waals surface area contributed by atoms with Crippen LogP contribution in [0.25, 0.3) is 11.1 Å². The van der Waals surface area contributed by atoms with Crippen molar-refractivity contribution in [2.75, 3.05) is 0 Å². The third-order valence-corrected chi connectivity index (χ3v) is 3.30. The van der Waals surface area contributed by atoms with Gasteiger partial charge in [-0.1, -0.05) is 43.0 Å². The zero-order valence-electron chi connectivity index (χ0n) is 10.3. The normalized spacial score (nSPS) is 12.7. The van der Waals surface area contributed by atoms with Crippen LogP contribution in [0.5, 0.6) is 5.75 Å². The van der Waals surface area contributed by atoms with Gasteiger partial charge in [-0.15, -0.1) is 0 Å². The quantitative estimate of drug-likeness (QED) is 0.327. The molecule has 1 aliphatic carbocycles. The first-order valence-corrected chi connectivity index (χ1v) is 6.06. The Bertz CT molecular complexity index is 674. The molecule has 0 amide bonds. The summed E-state index contributed by atoms with van der Waals surface area (Å²) in [6, 6.07) is 14.2. The monoisotopic (exact) mass is 251 g/mol. The molecule has 3 rings (SSSR count). The zero-order chi connectivity index (χ0) is 13.2. The lowest BCUT2D eigenvalue weighted by atomic mass is 10.1. The Morgan fingerprint density at radius 1 is 1.16 bits per heavy atom. The van der Waals surface area contributed by atoms with Gasteiger partial charge in [0.05, 0.1) is 0 Å². The Morgan fingerprint density at radius 2 is 1.95 bits per heavy atom. The van der Waals surface area contributed by atoms with Gasteiger partial charge in [0.25, 0.3) is 5.90 Å². The van der Waals surface area contributed by atoms with Crippen LogP contribution in [0.1, 0.15) is 11.1 Å². The van der Waals surface area contributed by atoms with E-state index in [1.165, 1.54) is 22.8 Å². The van der Waals surface area contributed by atoms with Gasteiger partial charge in [-0.2, -0.15) is 0 Å². The summed E-state index contributed by atoms with van der Waals surface area (Å²) in [5.74, 6) is 0.811. The number of fused-ring (bicyclic) bond motifs is 3. The molecule has 3 nitrogen and oxygen atoms in total. The molecule has 2 aromatic carbocycles. The highest BCUT2D eigenvalue weighted by Crippen LogP contribution is 2.40. The predicted molar refractivity (Wildman–Crippen MR) is 74.7 cm³/mol. The predicted octanol–water partition coefficient (Wildman–Crippen LogP) is 3.61. The van der Waals surface area contributed by atoms with Gasteiger partial charge in [-0.05, 0) is 34.0 Å². The summed E-state index contributed by atoms with van der Waals surface area (Å²) < 4.78 is 5.57. The van der Waals surface area contributed by atoms with E-state index in [1.807, 2.05) is 24.3 Å². The second-order valence-corrected chi connectivity index (χ2v) is 4.36. The van der Waals surface area contributed by atoms with Crippen LogP contribution in [0.15, 0.2) is 60.3 Å². The summed E-state index contributed by atoms with van der Waals surface area (Å²) in [7, 11) is 0. The van der Waals surface area contributed by atoms with Gasteiger partial charge in [-0.3, -0.25) is 0 Å². The molecule has 3 heteroatoms. The number of rotatable bonds is 2. The fourth-order valence-electron chi connectivity index (χ4n) is 2.44. The highest BCUT2D eigenvalue weighted by Gasteiger charge is 2.21. The van der Waals surface area contributed by atoms with Gasteiger partial charge < -0.3 is 9.94 Å². The number of ether oxygens (including phenoxy) is 1. The molecule has 0 aliphatic heterocycles. The molecule has 0 spiro atoms. The number of hydrogen-bond donors (Lipinski definition) is 1. The van der Waals surface area contributed by atoms with Crippen LogP contribution in [-0.4, -0.2) is 11.1 Å². The Hall–Kier alpha value is -2.55. The molecule has 1 aliphatic rings. The van der Waals surface area contributed by atoms with Crippen LogP contribution < -0.4 is 4.74 Å². The number of oxime groups is 1. The topological polar surface area (TPSA) is 41.8 Å². The second-order valence-electron chi connectivity index (χ2n) is 4.36. The summed E-state index contributed by atoms with van der Waals surface area (Å²) >= 11 is 0. The maximum absolute atomic E-state index is 8.80. The van der Waals surface area contributed by atoms with Crippen molar-refractivity contribution in [3.05, 3.63) is 66.2 Å². The minimum atomic E-state index is 0.101. The maximum atomic E-state index is 8.80. The van der Waals surface area contributed by atoms with Crippen molar-refractivity contribution < 1.29 is 9.94 Å². The van der Waals surface area contributed by atoms with E-state index in [-0.39, 0.29) is 5.90 Å². The minimum Gasteiger partial charge on any atom is -0.436 e. The van der Waals surface area contributed by atoms with Gasteiger partial charge in [0, 0.05) is 12.0 Å². The number of benzene rings is 2. The molecule has 19 heavy (non-hydrogen) atoms. The Balaban J connectivity index is 2.06. The highest BCUT2D eigenvalue weighted by atomic mass is 16.5. The fraction of sp³-hybridized carbons (Fsp3) is 0.0625. The molecular formula is C16H13NO2. The standard InChI is InChI=1S/C16H13NO2/c1-2-16(17-18)19-15-9-5-8-13-12-7-4-3-6-11(12)10-14(13)15/h2-9,18H,1,10H2. The van der Waals surface area contributed by atoms with E-state index in [4.69, 9.17) is 9.94 Å². The van der Waals surface area contributed by atoms with Crippen molar-refractivity contribution >= 4 is 5.90 Å². The van der Waals surface area contributed by atoms with Crippen molar-refractivity contribution in [3.8, 4) is 16.9 Å². The van der Waals surface area contributed by atoms with Crippen LogP contribution in [0.4, 0.5) is 0 Å². The van der Waals surface area contributed by atoms with E-state index in [2.05, 4.69) is 29.9 Å². The summed E-state index contributed by atoms with van der Waals surface area (Å²) in [5.41, 5.74) is 4.82. The summed E-state index contributed by atoms with van der Waals surface area (Å²) in [6.45, 7) is 3.55. The van der Waals surface area contributed by atoms with Gasteiger partial charge in [0.2, 0.25) is 0 Å². The average Bonchev–Trinajstić information content (AvgIpc) is 2.84. The molecule has 2 aromatic rings. The third kappa shape index (κ3) is 1.89. The summed E-state index contributed by atoms with van der Waals surface area (Å²) in [4.78, 5) is 0. The molecule has 0 saturated heterocycles. The van der Waals surface area contributed by atoms with E-state index in [9.17, 15) is 0 Å². The lowest BCUT2D eigenvalue weighted by Gasteiger charge is -2.09. The Morgan fingerprint density at radius 3 is 2.74 bits per heavy atom. The van der Waals surface area contributed by atoms with Crippen molar-refractivity contribution in [2.24, 2.45) is 5.16 Å². The molecule has 0 heterocycles. The molecule has 94 valence electrons. The van der Waals surface area contributed by atoms with Crippen LogP contribution in [0, 0.1) is 0 Å². The summed E-state index contributed by atoms with van der Waals surface area (Å²) in [6.07, 6.45) is 2.21. The third-order valence-electron chi connectivity index (χ3n) is 3.30. The minimum absolute atomic E-state index is 0.101. The van der Waals surface area contributed by atoms with Crippen LogP contribution >= 0.6 is 0 Å². The first-order chi connectivity index (χ1) is 9.33. The largest absolute Gasteiger partial charge is 0.436 e. The first-order valence-electron chi connectivity index (χ1n) is 6.06. The van der Waals surface area contributed by atoms with Crippen molar-refractivity contribution in [1.29, 1.82) is 0 Å². The molecule has 0 unspecified atom stereocenters. The SMILES string of the molecule is C=CC(=NO)Oc1cccc2c1Cc1ccccc1-2. The first kappa shape index (κ1) is 11.5. The highest BCUT2D eigenvalue weighted by molar-refractivity contribution is 5.89. The summed E-state index contributed by atoms with van der Waals surface area (Å²) in [5, 5.41) is 11.9. The molecule has 0 bridgehead atoms. The molecule has 0 fully saturated rings. The van der Waals surface area contributed by atoms with Crippen molar-refractivity contribution in [1.82, 2.24) is 0 Å². The average molecular weight is 251 g/mol. The lowest BCUT2D eigenvalue weighted by Crippen LogP contribution is -2.06. The van der Waals surface area contributed by atoms with Gasteiger partial charge >= 0.3 is 0 Å². The van der Waals surface area contributed by atoms with Crippen molar-refractivity contribution in [3.63, 3.8) is 0 Å². The second kappa shape index (κ2) is 4.61. The fourth-order valence-corrected chi connectivity index (χ4v) is 2.44. The van der Waals surface area contributed by atoms with E-state index in [1.54, 1.807) is 0 Å². The van der Waals surface area contributed by atoms with E-state index in [0.29, 0.717) is 5.75 Å². The maximum Gasteiger partial charge on any atom is 0.254 e. The van der Waals surface area contributed by atoms with Gasteiger partial charge in [-0.25, -0.2) is 0 Å². The van der Waals surface area contributed by atoms with Gasteiger partial charge in [0.1, 0.15) is 5.75 Å². The zero-order valence-corrected chi connectivity index (χ0v) is 10.3. The van der Waals surface area contributed by atoms with Crippen molar-refractivity contribution in [2.45, 2.75) is 6.42 Å². The van der Waals surface area contributed by atoms with E-state index in [0.717, 1.165) is 12.0 Å².